The molecule has 1 fully saturated rings. The van der Waals surface area contributed by atoms with E-state index in [-0.39, 0.29) is 22.4 Å². The third-order valence-corrected chi connectivity index (χ3v) is 7.48. The number of carbonyl (C=O) groups is 1. The zero-order chi connectivity index (χ0) is 24.1. The zero-order valence-electron chi connectivity index (χ0n) is 19.0. The molecule has 34 heavy (non-hydrogen) atoms. The van der Waals surface area contributed by atoms with E-state index < -0.39 is 15.9 Å². The average Bonchev–Trinajstić information content (AvgIpc) is 3.14. The summed E-state index contributed by atoms with van der Waals surface area (Å²) in [6.07, 6.45) is 3.78. The van der Waals surface area contributed by atoms with E-state index in [0.717, 1.165) is 25.7 Å². The normalized spacial score (nSPS) is 14.9. The molecule has 0 aliphatic carbocycles. The van der Waals surface area contributed by atoms with Gasteiger partial charge in [-0.25, -0.2) is 8.42 Å². The second-order valence-electron chi connectivity index (χ2n) is 7.81. The van der Waals surface area contributed by atoms with E-state index in [4.69, 9.17) is 13.9 Å². The monoisotopic (exact) mass is 486 g/mol. The van der Waals surface area contributed by atoms with E-state index in [1.807, 2.05) is 0 Å². The Hall–Kier alpha value is -3.44. The average molecular weight is 487 g/mol. The number of benzene rings is 2. The van der Waals surface area contributed by atoms with E-state index in [1.165, 1.54) is 42.8 Å². The standard InChI is InChI=1S/C23H26N4O6S/c1-31-18-13-17(14-19(15-18)32-2)22-25-26-23(33-22)24-21(28)16-7-9-20(10-8-16)34(29,30)27-11-5-3-4-6-12-27/h7-10,13-15H,3-6,11-12H2,1-2H3,(H,24,26,28). The molecular weight excluding hydrogens is 460 g/mol. The second kappa shape index (κ2) is 10.2. The summed E-state index contributed by atoms with van der Waals surface area (Å²) in [6.45, 7) is 1.03. The first kappa shape index (κ1) is 23.7. The van der Waals surface area contributed by atoms with Crippen LogP contribution in [0, 0.1) is 0 Å². The number of aromatic nitrogens is 2. The van der Waals surface area contributed by atoms with Crippen LogP contribution in [-0.4, -0.2) is 56.1 Å². The van der Waals surface area contributed by atoms with Crippen molar-refractivity contribution in [1.82, 2.24) is 14.5 Å². The number of ether oxygens (including phenoxy) is 2. The second-order valence-corrected chi connectivity index (χ2v) is 9.75. The fourth-order valence-electron chi connectivity index (χ4n) is 3.70. The van der Waals surface area contributed by atoms with Crippen LogP contribution in [0.25, 0.3) is 11.5 Å². The van der Waals surface area contributed by atoms with Crippen molar-refractivity contribution in [3.8, 4) is 23.0 Å². The topological polar surface area (TPSA) is 124 Å². The van der Waals surface area contributed by atoms with Gasteiger partial charge in [-0.2, -0.15) is 4.31 Å². The third-order valence-electron chi connectivity index (χ3n) is 5.56. The van der Waals surface area contributed by atoms with Gasteiger partial charge < -0.3 is 13.9 Å². The lowest BCUT2D eigenvalue weighted by Gasteiger charge is -2.19. The van der Waals surface area contributed by atoms with Gasteiger partial charge in [-0.1, -0.05) is 17.9 Å². The number of anilines is 1. The van der Waals surface area contributed by atoms with Crippen molar-refractivity contribution in [2.75, 3.05) is 32.6 Å². The first-order chi connectivity index (χ1) is 16.4. The number of sulfonamides is 1. The van der Waals surface area contributed by atoms with Crippen LogP contribution in [0.2, 0.25) is 0 Å². The molecule has 0 bridgehead atoms. The van der Waals surface area contributed by atoms with Crippen LogP contribution in [0.3, 0.4) is 0 Å². The summed E-state index contributed by atoms with van der Waals surface area (Å²) in [5.41, 5.74) is 0.824. The molecule has 3 aromatic rings. The third kappa shape index (κ3) is 5.20. The molecule has 2 heterocycles. The van der Waals surface area contributed by atoms with Crippen molar-refractivity contribution >= 4 is 21.9 Å². The molecule has 10 nitrogen and oxygen atoms in total. The molecule has 0 spiro atoms. The lowest BCUT2D eigenvalue weighted by atomic mass is 10.2. The Morgan fingerprint density at radius 1 is 0.941 bits per heavy atom. The predicted octanol–water partition coefficient (Wildman–Crippen LogP) is 3.57. The highest BCUT2D eigenvalue weighted by Gasteiger charge is 2.25. The summed E-state index contributed by atoms with van der Waals surface area (Å²) >= 11 is 0. The summed E-state index contributed by atoms with van der Waals surface area (Å²) in [6, 6.07) is 10.8. The largest absolute Gasteiger partial charge is 0.497 e. The molecule has 1 N–H and O–H groups in total. The van der Waals surface area contributed by atoms with Gasteiger partial charge in [-0.3, -0.25) is 10.1 Å². The minimum atomic E-state index is -3.59. The number of nitrogens with one attached hydrogen (secondary N) is 1. The van der Waals surface area contributed by atoms with E-state index in [9.17, 15) is 13.2 Å². The summed E-state index contributed by atoms with van der Waals surface area (Å²) < 4.78 is 43.4. The first-order valence-electron chi connectivity index (χ1n) is 10.9. The number of rotatable bonds is 7. The number of hydrogen-bond donors (Lipinski definition) is 1. The Morgan fingerprint density at radius 2 is 1.56 bits per heavy atom. The van der Waals surface area contributed by atoms with Gasteiger partial charge in [0.1, 0.15) is 11.5 Å². The highest BCUT2D eigenvalue weighted by Crippen LogP contribution is 2.29. The number of methoxy groups -OCH3 is 2. The number of nitrogens with zero attached hydrogens (tertiary/aromatic N) is 3. The van der Waals surface area contributed by atoms with E-state index in [1.54, 1.807) is 18.2 Å². The quantitative estimate of drug-likeness (QED) is 0.538. The van der Waals surface area contributed by atoms with Crippen LogP contribution < -0.4 is 14.8 Å². The van der Waals surface area contributed by atoms with Crippen LogP contribution in [0.5, 0.6) is 11.5 Å². The maximum absolute atomic E-state index is 12.9. The minimum Gasteiger partial charge on any atom is -0.497 e. The van der Waals surface area contributed by atoms with Crippen LogP contribution in [0.4, 0.5) is 6.01 Å². The Bertz CT molecular complexity index is 1230. The van der Waals surface area contributed by atoms with E-state index in [0.29, 0.717) is 30.2 Å². The van der Waals surface area contributed by atoms with Crippen LogP contribution in [-0.2, 0) is 10.0 Å². The molecule has 0 radical (unpaired) electrons. The van der Waals surface area contributed by atoms with Crippen LogP contribution in [0.1, 0.15) is 36.0 Å². The van der Waals surface area contributed by atoms with Crippen molar-refractivity contribution in [1.29, 1.82) is 0 Å². The van der Waals surface area contributed by atoms with E-state index >= 15 is 0 Å². The first-order valence-corrected chi connectivity index (χ1v) is 12.3. The van der Waals surface area contributed by atoms with Crippen molar-refractivity contribution in [3.63, 3.8) is 0 Å². The fraction of sp³-hybridized carbons (Fsp3) is 0.348. The Morgan fingerprint density at radius 3 is 2.15 bits per heavy atom. The number of hydrogen-bond acceptors (Lipinski definition) is 8. The number of amides is 1. The Kier molecular flexibility index (Phi) is 7.13. The SMILES string of the molecule is COc1cc(OC)cc(-c2nnc(NC(=O)c3ccc(S(=O)(=O)N4CCCCCC4)cc3)o2)c1. The summed E-state index contributed by atoms with van der Waals surface area (Å²) in [7, 11) is -0.525. The maximum atomic E-state index is 12.9. The van der Waals surface area contributed by atoms with Gasteiger partial charge in [0.2, 0.25) is 15.9 Å². The van der Waals surface area contributed by atoms with Gasteiger partial charge >= 0.3 is 6.01 Å². The van der Waals surface area contributed by atoms with Gasteiger partial charge in [-0.15, -0.1) is 5.10 Å². The molecule has 1 amide bonds. The van der Waals surface area contributed by atoms with Crippen molar-refractivity contribution in [3.05, 3.63) is 48.0 Å². The molecule has 180 valence electrons. The summed E-state index contributed by atoms with van der Waals surface area (Å²) in [5, 5.41) is 10.4. The van der Waals surface area contributed by atoms with Crippen LogP contribution >= 0.6 is 0 Å². The molecule has 0 atom stereocenters. The molecule has 0 saturated carbocycles. The highest BCUT2D eigenvalue weighted by atomic mass is 32.2. The molecule has 1 aromatic heterocycles. The van der Waals surface area contributed by atoms with Crippen molar-refractivity contribution < 1.29 is 27.1 Å². The molecule has 1 aliphatic rings. The molecule has 4 rings (SSSR count). The van der Waals surface area contributed by atoms with Crippen molar-refractivity contribution in [2.45, 2.75) is 30.6 Å². The lowest BCUT2D eigenvalue weighted by molar-refractivity contribution is 0.102. The highest BCUT2D eigenvalue weighted by molar-refractivity contribution is 7.89. The lowest BCUT2D eigenvalue weighted by Crippen LogP contribution is -2.31. The van der Waals surface area contributed by atoms with Gasteiger partial charge in [0.05, 0.1) is 19.1 Å². The fourth-order valence-corrected chi connectivity index (χ4v) is 5.22. The van der Waals surface area contributed by atoms with Crippen LogP contribution in [0.15, 0.2) is 51.8 Å². The van der Waals surface area contributed by atoms with E-state index in [2.05, 4.69) is 15.5 Å². The van der Waals surface area contributed by atoms with Gasteiger partial charge in [0.25, 0.3) is 5.91 Å². The molecule has 11 heteroatoms. The Balaban J connectivity index is 1.46. The van der Waals surface area contributed by atoms with Gasteiger partial charge in [0.15, 0.2) is 0 Å². The minimum absolute atomic E-state index is 0.0944. The Labute approximate surface area is 197 Å². The molecule has 2 aromatic carbocycles. The molecular formula is C23H26N4O6S. The summed E-state index contributed by atoms with van der Waals surface area (Å²) in [5.74, 6) is 0.769. The zero-order valence-corrected chi connectivity index (χ0v) is 19.8. The number of carbonyl (C=O) groups excluding carboxylic acids is 1. The summed E-state index contributed by atoms with van der Waals surface area (Å²) in [4.78, 5) is 12.8. The molecule has 1 saturated heterocycles. The van der Waals surface area contributed by atoms with Crippen molar-refractivity contribution in [2.24, 2.45) is 0 Å². The van der Waals surface area contributed by atoms with Gasteiger partial charge in [-0.05, 0) is 49.2 Å². The smallest absolute Gasteiger partial charge is 0.322 e. The molecule has 1 aliphatic heterocycles. The molecule has 0 unspecified atom stereocenters. The van der Waals surface area contributed by atoms with Gasteiger partial charge in [0, 0.05) is 30.3 Å². The maximum Gasteiger partial charge on any atom is 0.322 e. The predicted molar refractivity (Wildman–Crippen MR) is 124 cm³/mol.